The summed E-state index contributed by atoms with van der Waals surface area (Å²) in [6.45, 7) is 2.64. The highest BCUT2D eigenvalue weighted by Gasteiger charge is 2.24. The van der Waals surface area contributed by atoms with Crippen LogP contribution in [-0.2, 0) is 19.4 Å². The molecule has 0 unspecified atom stereocenters. The number of ether oxygens (including phenoxy) is 2. The molecule has 1 N–H and O–H groups in total. The Kier molecular flexibility index (Phi) is 10.6. The third-order valence-corrected chi connectivity index (χ3v) is 9.34. The largest absolute Gasteiger partial charge is 0.490 e. The number of hydrogen-bond donors (Lipinski definition) is 1. The summed E-state index contributed by atoms with van der Waals surface area (Å²) >= 11 is 17.7. The molecule has 42 heavy (non-hydrogen) atoms. The standard InChI is InChI=1S/C33H31BrCl2N2O3S/c1-2-40-28-17-21(16-26(34)31(28)41-20-22-14-15-23(35)18-27(22)36)19-37-33-30(32(39)38-24-10-6-5-7-11-24)25-12-8-3-4-9-13-29(25)42-33/h5-7,10-11,14-19H,2-4,8-9,12-13,20H2,1H3,(H,38,39). The summed E-state index contributed by atoms with van der Waals surface area (Å²) in [5.41, 5.74) is 4.22. The smallest absolute Gasteiger partial charge is 0.259 e. The van der Waals surface area contributed by atoms with Gasteiger partial charge in [-0.15, -0.1) is 11.3 Å². The molecule has 5 nitrogen and oxygen atoms in total. The maximum absolute atomic E-state index is 13.6. The SMILES string of the molecule is CCOc1cc(C=Nc2sc3c(c2C(=O)Nc2ccccc2)CCCCCC3)cc(Br)c1OCc1ccc(Cl)cc1Cl. The monoisotopic (exact) mass is 684 g/mol. The predicted octanol–water partition coefficient (Wildman–Crippen LogP) is 10.5. The van der Waals surface area contributed by atoms with Crippen molar-refractivity contribution in [3.05, 3.63) is 102 Å². The molecule has 0 spiro atoms. The molecular weight excluding hydrogens is 655 g/mol. The van der Waals surface area contributed by atoms with Crippen LogP contribution in [0, 0.1) is 0 Å². The van der Waals surface area contributed by atoms with Crippen LogP contribution in [0.1, 0.15) is 64.5 Å². The molecule has 5 rings (SSSR count). The van der Waals surface area contributed by atoms with Gasteiger partial charge < -0.3 is 14.8 Å². The molecule has 0 aliphatic heterocycles. The highest BCUT2D eigenvalue weighted by Crippen LogP contribution is 2.41. The van der Waals surface area contributed by atoms with Crippen molar-refractivity contribution in [1.29, 1.82) is 0 Å². The lowest BCUT2D eigenvalue weighted by Gasteiger charge is -2.15. The first kappa shape index (κ1) is 30.6. The van der Waals surface area contributed by atoms with Crippen LogP contribution in [0.3, 0.4) is 0 Å². The van der Waals surface area contributed by atoms with Crippen LogP contribution in [0.5, 0.6) is 11.5 Å². The van der Waals surface area contributed by atoms with Crippen molar-refractivity contribution in [2.24, 2.45) is 4.99 Å². The molecule has 1 aliphatic rings. The van der Waals surface area contributed by atoms with Crippen molar-refractivity contribution < 1.29 is 14.3 Å². The number of nitrogens with zero attached hydrogens (tertiary/aromatic N) is 1. The number of rotatable bonds is 9. The molecule has 218 valence electrons. The Morgan fingerprint density at radius 2 is 1.81 bits per heavy atom. The molecule has 9 heteroatoms. The lowest BCUT2D eigenvalue weighted by molar-refractivity contribution is 0.102. The maximum Gasteiger partial charge on any atom is 0.259 e. The Morgan fingerprint density at radius 3 is 2.57 bits per heavy atom. The molecular formula is C33H31BrCl2N2O3S. The third kappa shape index (κ3) is 7.56. The molecule has 4 aromatic rings. The summed E-state index contributed by atoms with van der Waals surface area (Å²) in [6.07, 6.45) is 8.25. The molecule has 3 aromatic carbocycles. The molecule has 0 saturated carbocycles. The van der Waals surface area contributed by atoms with Crippen LogP contribution in [0.15, 0.2) is 70.1 Å². The predicted molar refractivity (Wildman–Crippen MR) is 178 cm³/mol. The van der Waals surface area contributed by atoms with E-state index in [0.717, 1.165) is 57.5 Å². The minimum absolute atomic E-state index is 0.118. The normalized spacial score (nSPS) is 13.3. The molecule has 0 fully saturated rings. The van der Waals surface area contributed by atoms with Gasteiger partial charge in [-0.2, -0.15) is 0 Å². The van der Waals surface area contributed by atoms with Gasteiger partial charge in [-0.3, -0.25) is 4.79 Å². The summed E-state index contributed by atoms with van der Waals surface area (Å²) in [6, 6.07) is 18.7. The molecule has 1 amide bonds. The molecule has 0 atom stereocenters. The first-order valence-corrected chi connectivity index (χ1v) is 16.4. The summed E-state index contributed by atoms with van der Waals surface area (Å²) in [4.78, 5) is 19.7. The summed E-state index contributed by atoms with van der Waals surface area (Å²) in [5.74, 6) is 1.04. The zero-order valence-electron chi connectivity index (χ0n) is 23.2. The van der Waals surface area contributed by atoms with Crippen LogP contribution in [0.2, 0.25) is 10.0 Å². The van der Waals surface area contributed by atoms with E-state index in [1.54, 1.807) is 29.7 Å². The number of anilines is 1. The van der Waals surface area contributed by atoms with Gasteiger partial charge in [0.1, 0.15) is 11.6 Å². The van der Waals surface area contributed by atoms with Crippen molar-refractivity contribution in [3.63, 3.8) is 0 Å². The van der Waals surface area contributed by atoms with E-state index in [0.29, 0.717) is 33.7 Å². The topological polar surface area (TPSA) is 59.9 Å². The Balaban J connectivity index is 1.44. The van der Waals surface area contributed by atoms with E-state index in [2.05, 4.69) is 21.2 Å². The van der Waals surface area contributed by atoms with Gasteiger partial charge in [-0.1, -0.05) is 60.3 Å². The van der Waals surface area contributed by atoms with Crippen molar-refractivity contribution in [2.75, 3.05) is 11.9 Å². The fraction of sp³-hybridized carbons (Fsp3) is 0.273. The lowest BCUT2D eigenvalue weighted by atomic mass is 9.96. The number of carbonyl (C=O) groups excluding carboxylic acids is 1. The van der Waals surface area contributed by atoms with Crippen LogP contribution >= 0.6 is 50.5 Å². The first-order chi connectivity index (χ1) is 20.4. The highest BCUT2D eigenvalue weighted by molar-refractivity contribution is 9.10. The average molecular weight is 686 g/mol. The number of aryl methyl sites for hydroxylation is 1. The second-order valence-corrected chi connectivity index (χ2v) is 12.7. The van der Waals surface area contributed by atoms with Crippen LogP contribution in [0.4, 0.5) is 10.7 Å². The van der Waals surface area contributed by atoms with Crippen LogP contribution in [0.25, 0.3) is 0 Å². The number of hydrogen-bond acceptors (Lipinski definition) is 5. The molecule has 1 heterocycles. The number of fused-ring (bicyclic) bond motifs is 1. The van der Waals surface area contributed by atoms with E-state index in [9.17, 15) is 4.79 Å². The first-order valence-electron chi connectivity index (χ1n) is 14.0. The Morgan fingerprint density at radius 1 is 1.02 bits per heavy atom. The van der Waals surface area contributed by atoms with Gasteiger partial charge in [0.15, 0.2) is 11.5 Å². The zero-order valence-corrected chi connectivity index (χ0v) is 27.1. The van der Waals surface area contributed by atoms with E-state index in [4.69, 9.17) is 37.7 Å². The Labute approximate surface area is 269 Å². The summed E-state index contributed by atoms with van der Waals surface area (Å²) in [5, 5.41) is 4.91. The number of benzene rings is 3. The van der Waals surface area contributed by atoms with Gasteiger partial charge in [0.2, 0.25) is 0 Å². The molecule has 0 radical (unpaired) electrons. The van der Waals surface area contributed by atoms with E-state index in [1.165, 1.54) is 17.7 Å². The minimum Gasteiger partial charge on any atom is -0.490 e. The van der Waals surface area contributed by atoms with Gasteiger partial charge in [-0.05, 0) is 96.1 Å². The minimum atomic E-state index is -0.118. The van der Waals surface area contributed by atoms with E-state index in [-0.39, 0.29) is 12.5 Å². The number of carbonyl (C=O) groups is 1. The Bertz CT molecular complexity index is 1590. The number of amides is 1. The quantitative estimate of drug-likeness (QED) is 0.178. The summed E-state index contributed by atoms with van der Waals surface area (Å²) in [7, 11) is 0. The molecule has 0 saturated heterocycles. The van der Waals surface area contributed by atoms with Gasteiger partial charge in [0.05, 0.1) is 16.6 Å². The van der Waals surface area contributed by atoms with Crippen molar-refractivity contribution in [3.8, 4) is 11.5 Å². The van der Waals surface area contributed by atoms with Crippen molar-refractivity contribution >= 4 is 73.3 Å². The zero-order chi connectivity index (χ0) is 29.5. The highest BCUT2D eigenvalue weighted by atomic mass is 79.9. The molecule has 1 aromatic heterocycles. The van der Waals surface area contributed by atoms with E-state index < -0.39 is 0 Å². The fourth-order valence-electron chi connectivity index (χ4n) is 4.93. The van der Waals surface area contributed by atoms with Gasteiger partial charge in [0, 0.05) is 32.4 Å². The molecule has 0 bridgehead atoms. The number of nitrogens with one attached hydrogen (secondary N) is 1. The maximum atomic E-state index is 13.6. The lowest BCUT2D eigenvalue weighted by Crippen LogP contribution is -2.14. The van der Waals surface area contributed by atoms with Gasteiger partial charge >= 0.3 is 0 Å². The summed E-state index contributed by atoms with van der Waals surface area (Å²) < 4.78 is 12.8. The van der Waals surface area contributed by atoms with Crippen LogP contribution < -0.4 is 14.8 Å². The van der Waals surface area contributed by atoms with Crippen molar-refractivity contribution in [1.82, 2.24) is 0 Å². The second kappa shape index (κ2) is 14.6. The number of halogens is 3. The second-order valence-electron chi connectivity index (χ2n) is 9.96. The fourth-order valence-corrected chi connectivity index (χ4v) is 7.20. The van der Waals surface area contributed by atoms with Crippen molar-refractivity contribution in [2.45, 2.75) is 52.1 Å². The Hall–Kier alpha value is -2.84. The number of aliphatic imine (C=N–C) groups is 1. The molecule has 1 aliphatic carbocycles. The van der Waals surface area contributed by atoms with Gasteiger partial charge in [0.25, 0.3) is 5.91 Å². The van der Waals surface area contributed by atoms with Gasteiger partial charge in [-0.25, -0.2) is 4.99 Å². The number of thiophene rings is 1. The van der Waals surface area contributed by atoms with E-state index >= 15 is 0 Å². The van der Waals surface area contributed by atoms with Crippen LogP contribution in [-0.4, -0.2) is 18.7 Å². The van der Waals surface area contributed by atoms with E-state index in [1.807, 2.05) is 55.5 Å². The number of para-hydroxylation sites is 1. The average Bonchev–Trinajstić information content (AvgIpc) is 3.29. The third-order valence-electron chi connectivity index (χ3n) is 6.96.